The predicted octanol–water partition coefficient (Wildman–Crippen LogP) is 1.79. The van der Waals surface area contributed by atoms with Gasteiger partial charge in [0.1, 0.15) is 5.82 Å². The van der Waals surface area contributed by atoms with Crippen molar-refractivity contribution in [2.24, 2.45) is 5.92 Å². The van der Waals surface area contributed by atoms with E-state index in [-0.39, 0.29) is 28.6 Å². The van der Waals surface area contributed by atoms with Crippen molar-refractivity contribution in [2.45, 2.75) is 44.6 Å². The SMILES string of the molecule is Cc1c(F)cc(N)cc1S(=O)(=O)NCC(C)(O)CC(C)C. The predicted molar refractivity (Wildman–Crippen MR) is 80.8 cm³/mol. The number of benzene rings is 1. The third-order valence-electron chi connectivity index (χ3n) is 3.10. The van der Waals surface area contributed by atoms with Gasteiger partial charge in [0.2, 0.25) is 10.0 Å². The quantitative estimate of drug-likeness (QED) is 0.697. The second-order valence-electron chi connectivity index (χ2n) is 6.05. The summed E-state index contributed by atoms with van der Waals surface area (Å²) in [6.07, 6.45) is 0.444. The molecule has 0 saturated carbocycles. The summed E-state index contributed by atoms with van der Waals surface area (Å²) in [4.78, 5) is -0.208. The highest BCUT2D eigenvalue weighted by Crippen LogP contribution is 2.22. The first kappa shape index (κ1) is 17.9. The fourth-order valence-electron chi connectivity index (χ4n) is 2.23. The largest absolute Gasteiger partial charge is 0.399 e. The highest BCUT2D eigenvalue weighted by Gasteiger charge is 2.26. The fourth-order valence-corrected chi connectivity index (χ4v) is 3.68. The molecule has 1 aromatic carbocycles. The zero-order valence-electron chi connectivity index (χ0n) is 12.8. The number of nitrogens with one attached hydrogen (secondary N) is 1. The minimum Gasteiger partial charge on any atom is -0.399 e. The van der Waals surface area contributed by atoms with E-state index >= 15 is 0 Å². The standard InChI is InChI=1S/C14H23FN2O3S/c1-9(2)7-14(4,18)8-17-21(19,20)13-6-11(16)5-12(15)10(13)3/h5-6,9,17-18H,7-8,16H2,1-4H3. The Balaban J connectivity index is 2.98. The number of hydrogen-bond acceptors (Lipinski definition) is 4. The Kier molecular flexibility index (Phi) is 5.35. The normalized spacial score (nSPS) is 15.2. The summed E-state index contributed by atoms with van der Waals surface area (Å²) >= 11 is 0. The summed E-state index contributed by atoms with van der Waals surface area (Å²) in [5.74, 6) is -0.458. The average Bonchev–Trinajstić information content (AvgIpc) is 2.30. The minimum absolute atomic E-state index is 0.000187. The number of halogens is 1. The molecule has 0 spiro atoms. The van der Waals surface area contributed by atoms with Crippen LogP contribution in [0.4, 0.5) is 10.1 Å². The molecule has 0 bridgehead atoms. The van der Waals surface area contributed by atoms with Gasteiger partial charge in [-0.25, -0.2) is 17.5 Å². The summed E-state index contributed by atoms with van der Waals surface area (Å²) in [6, 6.07) is 2.28. The highest BCUT2D eigenvalue weighted by atomic mass is 32.2. The third-order valence-corrected chi connectivity index (χ3v) is 4.63. The maximum Gasteiger partial charge on any atom is 0.241 e. The van der Waals surface area contributed by atoms with E-state index in [9.17, 15) is 17.9 Å². The molecule has 0 aliphatic rings. The van der Waals surface area contributed by atoms with Crippen LogP contribution in [0.5, 0.6) is 0 Å². The van der Waals surface area contributed by atoms with Gasteiger partial charge in [0.05, 0.1) is 10.5 Å². The Hall–Kier alpha value is -1.18. The van der Waals surface area contributed by atoms with Gasteiger partial charge in [0.15, 0.2) is 0 Å². The lowest BCUT2D eigenvalue weighted by atomic mass is 9.95. The summed E-state index contributed by atoms with van der Waals surface area (Å²) in [7, 11) is -3.93. The van der Waals surface area contributed by atoms with Gasteiger partial charge in [0, 0.05) is 17.8 Å². The van der Waals surface area contributed by atoms with Crippen LogP contribution in [0.3, 0.4) is 0 Å². The number of aliphatic hydroxyl groups is 1. The number of nitrogens with two attached hydrogens (primary N) is 1. The monoisotopic (exact) mass is 318 g/mol. The van der Waals surface area contributed by atoms with Crippen molar-refractivity contribution in [1.82, 2.24) is 4.72 Å². The first-order valence-electron chi connectivity index (χ1n) is 6.72. The number of nitrogen functional groups attached to an aromatic ring is 1. The molecule has 1 rings (SSSR count). The van der Waals surface area contributed by atoms with Crippen LogP contribution in [-0.2, 0) is 10.0 Å². The van der Waals surface area contributed by atoms with E-state index in [1.54, 1.807) is 6.92 Å². The first-order chi connectivity index (χ1) is 9.44. The Morgan fingerprint density at radius 3 is 2.52 bits per heavy atom. The number of rotatable bonds is 6. The summed E-state index contributed by atoms with van der Waals surface area (Å²) in [5, 5.41) is 10.1. The molecule has 0 heterocycles. The van der Waals surface area contributed by atoms with Crippen molar-refractivity contribution >= 4 is 15.7 Å². The van der Waals surface area contributed by atoms with Crippen molar-refractivity contribution in [3.63, 3.8) is 0 Å². The second-order valence-corrected chi connectivity index (χ2v) is 7.78. The average molecular weight is 318 g/mol. The molecule has 5 nitrogen and oxygen atoms in total. The molecule has 0 aliphatic heterocycles. The zero-order chi connectivity index (χ0) is 16.4. The molecule has 1 atom stereocenters. The van der Waals surface area contributed by atoms with Crippen molar-refractivity contribution < 1.29 is 17.9 Å². The van der Waals surface area contributed by atoms with Crippen LogP contribution in [0.15, 0.2) is 17.0 Å². The lowest BCUT2D eigenvalue weighted by molar-refractivity contribution is 0.0436. The second kappa shape index (κ2) is 6.29. The molecular weight excluding hydrogens is 295 g/mol. The van der Waals surface area contributed by atoms with E-state index < -0.39 is 21.4 Å². The molecule has 1 unspecified atom stereocenters. The van der Waals surface area contributed by atoms with Gasteiger partial charge < -0.3 is 10.8 Å². The highest BCUT2D eigenvalue weighted by molar-refractivity contribution is 7.89. The number of sulfonamides is 1. The van der Waals surface area contributed by atoms with E-state index in [4.69, 9.17) is 5.73 Å². The maximum atomic E-state index is 13.6. The molecule has 21 heavy (non-hydrogen) atoms. The van der Waals surface area contributed by atoms with Gasteiger partial charge in [0.25, 0.3) is 0 Å². The lowest BCUT2D eigenvalue weighted by Gasteiger charge is -2.25. The molecule has 120 valence electrons. The van der Waals surface area contributed by atoms with E-state index in [0.29, 0.717) is 6.42 Å². The summed E-state index contributed by atoms with van der Waals surface area (Å²) < 4.78 is 40.4. The Morgan fingerprint density at radius 2 is 2.00 bits per heavy atom. The van der Waals surface area contributed by atoms with Crippen LogP contribution in [0, 0.1) is 18.7 Å². The van der Waals surface area contributed by atoms with E-state index in [1.807, 2.05) is 13.8 Å². The zero-order valence-corrected chi connectivity index (χ0v) is 13.6. The van der Waals surface area contributed by atoms with Gasteiger partial charge in [-0.1, -0.05) is 13.8 Å². The van der Waals surface area contributed by atoms with Crippen LogP contribution < -0.4 is 10.5 Å². The minimum atomic E-state index is -3.93. The number of hydrogen-bond donors (Lipinski definition) is 3. The summed E-state index contributed by atoms with van der Waals surface area (Å²) in [6.45, 7) is 6.64. The van der Waals surface area contributed by atoms with Crippen molar-refractivity contribution in [1.29, 1.82) is 0 Å². The Bertz CT molecular complexity index is 613. The van der Waals surface area contributed by atoms with Gasteiger partial charge in [-0.15, -0.1) is 0 Å². The Labute approximate surface area is 125 Å². The van der Waals surface area contributed by atoms with Gasteiger partial charge >= 0.3 is 0 Å². The van der Waals surface area contributed by atoms with Gasteiger partial charge in [-0.05, 0) is 38.3 Å². The number of anilines is 1. The summed E-state index contributed by atoms with van der Waals surface area (Å²) in [5.41, 5.74) is 4.35. The molecule has 0 aromatic heterocycles. The molecule has 0 aliphatic carbocycles. The van der Waals surface area contributed by atoms with Crippen LogP contribution in [0.1, 0.15) is 32.8 Å². The first-order valence-corrected chi connectivity index (χ1v) is 8.20. The van der Waals surface area contributed by atoms with Gasteiger partial charge in [-0.2, -0.15) is 0 Å². The van der Waals surface area contributed by atoms with Crippen molar-refractivity contribution in [3.8, 4) is 0 Å². The molecule has 1 aromatic rings. The van der Waals surface area contributed by atoms with E-state index in [1.165, 1.54) is 13.0 Å². The van der Waals surface area contributed by atoms with Crippen LogP contribution in [0.2, 0.25) is 0 Å². The van der Waals surface area contributed by atoms with Crippen molar-refractivity contribution in [2.75, 3.05) is 12.3 Å². The molecule has 7 heteroatoms. The molecule has 0 fully saturated rings. The van der Waals surface area contributed by atoms with E-state index in [2.05, 4.69) is 4.72 Å². The third kappa shape index (κ3) is 4.94. The smallest absolute Gasteiger partial charge is 0.241 e. The van der Waals surface area contributed by atoms with E-state index in [0.717, 1.165) is 6.07 Å². The molecule has 0 radical (unpaired) electrons. The van der Waals surface area contributed by atoms with Gasteiger partial charge in [-0.3, -0.25) is 0 Å². The van der Waals surface area contributed by atoms with Crippen LogP contribution in [0.25, 0.3) is 0 Å². The van der Waals surface area contributed by atoms with Crippen LogP contribution >= 0.6 is 0 Å². The molecule has 0 amide bonds. The maximum absolute atomic E-state index is 13.6. The molecular formula is C14H23FN2O3S. The Morgan fingerprint density at radius 1 is 1.43 bits per heavy atom. The lowest BCUT2D eigenvalue weighted by Crippen LogP contribution is -2.41. The van der Waals surface area contributed by atoms with Crippen LogP contribution in [-0.4, -0.2) is 25.7 Å². The van der Waals surface area contributed by atoms with Crippen molar-refractivity contribution in [3.05, 3.63) is 23.5 Å². The topological polar surface area (TPSA) is 92.4 Å². The fraction of sp³-hybridized carbons (Fsp3) is 0.571. The molecule has 4 N–H and O–H groups in total. The molecule has 0 saturated heterocycles.